The molecule has 0 aromatic rings. The molecule has 0 aromatic heterocycles. The summed E-state index contributed by atoms with van der Waals surface area (Å²) in [5.74, 6) is 4.85. The molecule has 0 aliphatic rings. The average Bonchev–Trinajstić information content (AvgIpc) is 1.61. The molecule has 0 rings (SSSR count). The highest BCUT2D eigenvalue weighted by atomic mass is 16.1. The van der Waals surface area contributed by atoms with Gasteiger partial charge < -0.3 is 5.73 Å². The highest BCUT2D eigenvalue weighted by Crippen LogP contribution is 1.75. The van der Waals surface area contributed by atoms with E-state index < -0.39 is 0 Å². The monoisotopic (exact) mass is 117 g/mol. The number of carbonyl (C=O) groups is 1. The van der Waals surface area contributed by atoms with E-state index in [0.717, 1.165) is 0 Å². The molecule has 0 aliphatic heterocycles. The van der Waals surface area contributed by atoms with Crippen molar-refractivity contribution in [2.75, 3.05) is 13.6 Å². The van der Waals surface area contributed by atoms with Gasteiger partial charge in [-0.05, 0) is 0 Å². The van der Waals surface area contributed by atoms with E-state index in [9.17, 15) is 4.79 Å². The van der Waals surface area contributed by atoms with Crippen LogP contribution in [0.5, 0.6) is 0 Å². The van der Waals surface area contributed by atoms with Gasteiger partial charge in [-0.2, -0.15) is 0 Å². The normalized spacial score (nSPS) is 9.88. The number of rotatable bonds is 3. The van der Waals surface area contributed by atoms with Gasteiger partial charge >= 0.3 is 0 Å². The lowest BCUT2D eigenvalue weighted by atomic mass is 10.4. The molecule has 0 saturated carbocycles. The summed E-state index contributed by atoms with van der Waals surface area (Å²) in [5, 5.41) is 1.42. The van der Waals surface area contributed by atoms with Crippen LogP contribution in [-0.2, 0) is 4.79 Å². The molecule has 48 valence electrons. The van der Waals surface area contributed by atoms with E-state index in [1.54, 1.807) is 7.05 Å². The summed E-state index contributed by atoms with van der Waals surface area (Å²) in [5.41, 5.74) is 4.82. The molecule has 0 radical (unpaired) electrons. The fourth-order valence-electron chi connectivity index (χ4n) is 0.287. The van der Waals surface area contributed by atoms with Crippen LogP contribution in [0.2, 0.25) is 0 Å². The average molecular weight is 117 g/mol. The molecule has 0 atom stereocenters. The molecule has 0 unspecified atom stereocenters. The molecule has 0 fully saturated rings. The molecule has 8 heavy (non-hydrogen) atoms. The maximum absolute atomic E-state index is 10.0. The predicted molar refractivity (Wildman–Crippen MR) is 30.6 cm³/mol. The number of nitrogens with two attached hydrogens (primary N) is 2. The van der Waals surface area contributed by atoms with Crippen LogP contribution in [0.1, 0.15) is 6.42 Å². The zero-order valence-corrected chi connectivity index (χ0v) is 4.92. The molecule has 4 nitrogen and oxygen atoms in total. The lowest BCUT2D eigenvalue weighted by Gasteiger charge is -2.05. The minimum Gasteiger partial charge on any atom is -0.370 e. The van der Waals surface area contributed by atoms with Gasteiger partial charge in [0, 0.05) is 20.0 Å². The summed E-state index contributed by atoms with van der Waals surface area (Å²) >= 11 is 0. The second kappa shape index (κ2) is 3.40. The van der Waals surface area contributed by atoms with E-state index in [0.29, 0.717) is 13.0 Å². The van der Waals surface area contributed by atoms with Crippen LogP contribution in [0, 0.1) is 0 Å². The third-order valence-corrected chi connectivity index (χ3v) is 0.711. The molecule has 4 N–H and O–H groups in total. The van der Waals surface area contributed by atoms with Gasteiger partial charge in [-0.15, -0.1) is 0 Å². The third kappa shape index (κ3) is 5.39. The quantitative estimate of drug-likeness (QED) is 0.355. The van der Waals surface area contributed by atoms with E-state index in [4.69, 9.17) is 11.6 Å². The first kappa shape index (κ1) is 7.39. The van der Waals surface area contributed by atoms with Crippen molar-refractivity contribution in [2.45, 2.75) is 6.42 Å². The zero-order valence-electron chi connectivity index (χ0n) is 4.92. The number of hydrogen-bond donors (Lipinski definition) is 2. The minimum atomic E-state index is -0.317. The van der Waals surface area contributed by atoms with Gasteiger partial charge in [0.25, 0.3) is 0 Å². The molecular weight excluding hydrogens is 106 g/mol. The van der Waals surface area contributed by atoms with Crippen molar-refractivity contribution >= 4 is 5.91 Å². The second-order valence-corrected chi connectivity index (χ2v) is 1.70. The van der Waals surface area contributed by atoms with E-state index >= 15 is 0 Å². The van der Waals surface area contributed by atoms with Crippen molar-refractivity contribution in [3.05, 3.63) is 0 Å². The highest BCUT2D eigenvalue weighted by molar-refractivity contribution is 5.73. The Morgan fingerprint density at radius 2 is 2.25 bits per heavy atom. The number of carbonyl (C=O) groups excluding carboxylic acids is 1. The molecule has 0 aromatic carbocycles. The van der Waals surface area contributed by atoms with Crippen molar-refractivity contribution in [3.8, 4) is 0 Å². The molecule has 0 heterocycles. The minimum absolute atomic E-state index is 0.317. The third-order valence-electron chi connectivity index (χ3n) is 0.711. The van der Waals surface area contributed by atoms with Gasteiger partial charge in [0.1, 0.15) is 0 Å². The van der Waals surface area contributed by atoms with E-state index in [2.05, 4.69) is 0 Å². The molecule has 0 spiro atoms. The van der Waals surface area contributed by atoms with E-state index in [1.807, 2.05) is 0 Å². The van der Waals surface area contributed by atoms with Crippen LogP contribution in [0.25, 0.3) is 0 Å². The first-order chi connectivity index (χ1) is 3.63. The summed E-state index contributed by atoms with van der Waals surface area (Å²) in [6, 6.07) is 0. The summed E-state index contributed by atoms with van der Waals surface area (Å²) < 4.78 is 0. The Bertz CT molecular complexity index is 81.4. The van der Waals surface area contributed by atoms with Gasteiger partial charge in [0.2, 0.25) is 5.91 Å². The summed E-state index contributed by atoms with van der Waals surface area (Å²) in [6.45, 7) is 0.523. The van der Waals surface area contributed by atoms with Crippen LogP contribution < -0.4 is 11.6 Å². The van der Waals surface area contributed by atoms with Crippen LogP contribution >= 0.6 is 0 Å². The van der Waals surface area contributed by atoms with Gasteiger partial charge in [0.05, 0.1) is 0 Å². The lowest BCUT2D eigenvalue weighted by Crippen LogP contribution is -2.29. The van der Waals surface area contributed by atoms with E-state index in [-0.39, 0.29) is 5.91 Å². The van der Waals surface area contributed by atoms with Gasteiger partial charge in [-0.1, -0.05) is 0 Å². The molecule has 0 bridgehead atoms. The van der Waals surface area contributed by atoms with Crippen molar-refractivity contribution in [2.24, 2.45) is 11.6 Å². The van der Waals surface area contributed by atoms with Crippen LogP contribution in [0.15, 0.2) is 0 Å². The number of hydrazine groups is 1. The van der Waals surface area contributed by atoms with Crippen LogP contribution in [0.3, 0.4) is 0 Å². The Labute approximate surface area is 48.4 Å². The van der Waals surface area contributed by atoms with Gasteiger partial charge in [-0.3, -0.25) is 10.6 Å². The van der Waals surface area contributed by atoms with Crippen molar-refractivity contribution < 1.29 is 4.79 Å². The molecule has 0 aliphatic carbocycles. The number of primary amides is 1. The summed E-state index contributed by atoms with van der Waals surface area (Å²) in [7, 11) is 1.68. The Balaban J connectivity index is 3.05. The van der Waals surface area contributed by atoms with Crippen LogP contribution in [-0.4, -0.2) is 24.5 Å². The fraction of sp³-hybridized carbons (Fsp3) is 0.750. The van der Waals surface area contributed by atoms with Crippen LogP contribution in [0.4, 0.5) is 0 Å². The standard InChI is InChI=1S/C4H11N3O/c1-7(6)3-2-4(5)8/h2-3,6H2,1H3,(H2,5,8). The summed E-state index contributed by atoms with van der Waals surface area (Å²) in [6.07, 6.45) is 0.326. The number of nitrogens with zero attached hydrogens (tertiary/aromatic N) is 1. The van der Waals surface area contributed by atoms with Crippen molar-refractivity contribution in [1.82, 2.24) is 5.01 Å². The Morgan fingerprint density at radius 1 is 1.75 bits per heavy atom. The molecular formula is C4H11N3O. The Hall–Kier alpha value is -0.610. The number of hydrogen-bond acceptors (Lipinski definition) is 3. The lowest BCUT2D eigenvalue weighted by molar-refractivity contribution is -0.118. The second-order valence-electron chi connectivity index (χ2n) is 1.70. The largest absolute Gasteiger partial charge is 0.370 e. The smallest absolute Gasteiger partial charge is 0.218 e. The van der Waals surface area contributed by atoms with Gasteiger partial charge in [-0.25, -0.2) is 5.01 Å². The fourth-order valence-corrected chi connectivity index (χ4v) is 0.287. The SMILES string of the molecule is CN(N)CCC(N)=O. The highest BCUT2D eigenvalue weighted by Gasteiger charge is 1.93. The zero-order chi connectivity index (χ0) is 6.57. The first-order valence-electron chi connectivity index (χ1n) is 2.37. The molecule has 4 heteroatoms. The van der Waals surface area contributed by atoms with Gasteiger partial charge in [0.15, 0.2) is 0 Å². The Morgan fingerprint density at radius 3 is 2.38 bits per heavy atom. The van der Waals surface area contributed by atoms with E-state index in [1.165, 1.54) is 5.01 Å². The maximum Gasteiger partial charge on any atom is 0.218 e. The first-order valence-corrected chi connectivity index (χ1v) is 2.37. The number of amides is 1. The Kier molecular flexibility index (Phi) is 3.14. The maximum atomic E-state index is 10.0. The molecule has 0 saturated heterocycles. The predicted octanol–water partition coefficient (Wildman–Crippen LogP) is -1.33. The summed E-state index contributed by atoms with van der Waals surface area (Å²) in [4.78, 5) is 10.0. The van der Waals surface area contributed by atoms with Crippen molar-refractivity contribution in [3.63, 3.8) is 0 Å². The molecule has 1 amide bonds. The van der Waals surface area contributed by atoms with Crippen molar-refractivity contribution in [1.29, 1.82) is 0 Å². The topological polar surface area (TPSA) is 72.3 Å².